The first-order valence-electron chi connectivity index (χ1n) is 9.44. The van der Waals surface area contributed by atoms with Crippen LogP contribution in [-0.2, 0) is 10.9 Å². The molecule has 0 aliphatic carbocycles. The molecule has 156 valence electrons. The molecule has 1 aliphatic rings. The molecule has 4 rings (SSSR count). The zero-order chi connectivity index (χ0) is 21.0. The first-order chi connectivity index (χ1) is 14.5. The molecule has 0 bridgehead atoms. The van der Waals surface area contributed by atoms with E-state index in [-0.39, 0.29) is 5.95 Å². The molecule has 3 aromatic rings. The lowest BCUT2D eigenvalue weighted by Crippen LogP contribution is -2.36. The summed E-state index contributed by atoms with van der Waals surface area (Å²) >= 11 is 0. The molecule has 1 aromatic heterocycles. The fraction of sp³-hybridized carbons (Fsp3) is 0.238. The third-order valence-corrected chi connectivity index (χ3v) is 4.64. The second-order valence-electron chi connectivity index (χ2n) is 6.74. The zero-order valence-corrected chi connectivity index (χ0v) is 16.0. The molecule has 1 saturated heterocycles. The van der Waals surface area contributed by atoms with Crippen molar-refractivity contribution in [3.05, 3.63) is 66.4 Å². The molecule has 0 radical (unpaired) electrons. The molecule has 9 heteroatoms. The van der Waals surface area contributed by atoms with Crippen LogP contribution in [-0.4, -0.2) is 36.3 Å². The molecule has 1 fully saturated rings. The van der Waals surface area contributed by atoms with E-state index in [1.54, 1.807) is 12.3 Å². The van der Waals surface area contributed by atoms with Gasteiger partial charge in [0, 0.05) is 36.3 Å². The summed E-state index contributed by atoms with van der Waals surface area (Å²) in [5.74, 6) is 0.850. The van der Waals surface area contributed by atoms with Crippen molar-refractivity contribution in [2.45, 2.75) is 6.18 Å². The maximum atomic E-state index is 12.7. The van der Waals surface area contributed by atoms with Gasteiger partial charge >= 0.3 is 6.18 Å². The predicted molar refractivity (Wildman–Crippen MR) is 110 cm³/mol. The van der Waals surface area contributed by atoms with Gasteiger partial charge in [-0.2, -0.15) is 18.2 Å². The van der Waals surface area contributed by atoms with Gasteiger partial charge in [-0.1, -0.05) is 0 Å². The van der Waals surface area contributed by atoms with E-state index in [0.29, 0.717) is 11.5 Å². The molecular weight excluding hydrogens is 395 g/mol. The normalized spacial score (nSPS) is 14.4. The number of anilines is 5. The molecule has 30 heavy (non-hydrogen) atoms. The molecule has 2 heterocycles. The van der Waals surface area contributed by atoms with Crippen molar-refractivity contribution < 1.29 is 17.9 Å². The van der Waals surface area contributed by atoms with Crippen molar-refractivity contribution in [1.29, 1.82) is 0 Å². The number of ether oxygens (including phenoxy) is 1. The molecule has 0 spiro atoms. The van der Waals surface area contributed by atoms with Crippen LogP contribution in [0.5, 0.6) is 0 Å². The molecule has 1 aliphatic heterocycles. The number of hydrogen-bond donors (Lipinski definition) is 2. The van der Waals surface area contributed by atoms with Crippen molar-refractivity contribution in [1.82, 2.24) is 9.97 Å². The van der Waals surface area contributed by atoms with E-state index in [0.717, 1.165) is 49.8 Å². The summed E-state index contributed by atoms with van der Waals surface area (Å²) in [6.07, 6.45) is -2.79. The molecule has 2 N–H and O–H groups in total. The summed E-state index contributed by atoms with van der Waals surface area (Å²) in [7, 11) is 0. The lowest BCUT2D eigenvalue weighted by atomic mass is 10.2. The highest BCUT2D eigenvalue weighted by molar-refractivity contribution is 5.62. The molecule has 0 unspecified atom stereocenters. The van der Waals surface area contributed by atoms with Gasteiger partial charge in [-0.05, 0) is 54.6 Å². The molecular formula is C21H20F3N5O. The van der Waals surface area contributed by atoms with Crippen LogP contribution in [0.15, 0.2) is 60.8 Å². The van der Waals surface area contributed by atoms with Gasteiger partial charge in [0.25, 0.3) is 0 Å². The average molecular weight is 415 g/mol. The van der Waals surface area contributed by atoms with Crippen molar-refractivity contribution in [2.75, 3.05) is 41.8 Å². The Kier molecular flexibility index (Phi) is 5.71. The van der Waals surface area contributed by atoms with Gasteiger partial charge < -0.3 is 20.3 Å². The minimum atomic E-state index is -4.36. The Morgan fingerprint density at radius 2 is 1.47 bits per heavy atom. The Morgan fingerprint density at radius 3 is 2.13 bits per heavy atom. The quantitative estimate of drug-likeness (QED) is 0.623. The molecule has 0 atom stereocenters. The maximum Gasteiger partial charge on any atom is 0.416 e. The van der Waals surface area contributed by atoms with Crippen molar-refractivity contribution in [2.24, 2.45) is 0 Å². The fourth-order valence-electron chi connectivity index (χ4n) is 3.09. The molecule has 0 amide bonds. The van der Waals surface area contributed by atoms with Gasteiger partial charge in [0.05, 0.1) is 18.8 Å². The van der Waals surface area contributed by atoms with E-state index in [9.17, 15) is 13.2 Å². The first kappa shape index (κ1) is 20.0. The number of alkyl halides is 3. The summed E-state index contributed by atoms with van der Waals surface area (Å²) in [5.41, 5.74) is 1.77. The maximum absolute atomic E-state index is 12.7. The van der Waals surface area contributed by atoms with Crippen LogP contribution < -0.4 is 15.5 Å². The van der Waals surface area contributed by atoms with Crippen LogP contribution in [0.4, 0.5) is 42.0 Å². The van der Waals surface area contributed by atoms with Gasteiger partial charge in [0.2, 0.25) is 5.95 Å². The number of halogens is 3. The van der Waals surface area contributed by atoms with Gasteiger partial charge in [-0.15, -0.1) is 0 Å². The van der Waals surface area contributed by atoms with E-state index in [4.69, 9.17) is 4.74 Å². The largest absolute Gasteiger partial charge is 0.416 e. The van der Waals surface area contributed by atoms with Crippen LogP contribution in [0, 0.1) is 0 Å². The smallest absolute Gasteiger partial charge is 0.378 e. The minimum absolute atomic E-state index is 0.282. The average Bonchev–Trinajstić information content (AvgIpc) is 2.75. The lowest BCUT2D eigenvalue weighted by molar-refractivity contribution is -0.137. The fourth-order valence-corrected chi connectivity index (χ4v) is 3.09. The number of rotatable bonds is 5. The van der Waals surface area contributed by atoms with Crippen LogP contribution in [0.25, 0.3) is 0 Å². The Labute approximate surface area is 171 Å². The van der Waals surface area contributed by atoms with Gasteiger partial charge in [0.15, 0.2) is 0 Å². The number of benzene rings is 2. The van der Waals surface area contributed by atoms with Crippen LogP contribution in [0.2, 0.25) is 0 Å². The number of nitrogens with one attached hydrogen (secondary N) is 2. The second kappa shape index (κ2) is 8.58. The van der Waals surface area contributed by atoms with Crippen LogP contribution >= 0.6 is 0 Å². The second-order valence-corrected chi connectivity index (χ2v) is 6.74. The van der Waals surface area contributed by atoms with E-state index in [1.165, 1.54) is 12.1 Å². The van der Waals surface area contributed by atoms with Crippen LogP contribution in [0.3, 0.4) is 0 Å². The minimum Gasteiger partial charge on any atom is -0.378 e. The Bertz CT molecular complexity index is 971. The summed E-state index contributed by atoms with van der Waals surface area (Å²) in [6, 6.07) is 14.4. The third kappa shape index (κ3) is 4.98. The molecule has 0 saturated carbocycles. The van der Waals surface area contributed by atoms with Crippen molar-refractivity contribution in [3.63, 3.8) is 0 Å². The summed E-state index contributed by atoms with van der Waals surface area (Å²) < 4.78 is 43.4. The predicted octanol–water partition coefficient (Wildman–Crippen LogP) is 4.82. The SMILES string of the molecule is FC(F)(F)c1ccc(Nc2nccc(Nc3ccc(N4CCOCC4)cc3)n2)cc1. The third-order valence-electron chi connectivity index (χ3n) is 4.64. The Morgan fingerprint density at radius 1 is 0.833 bits per heavy atom. The number of morpholine rings is 1. The van der Waals surface area contributed by atoms with Gasteiger partial charge in [-0.25, -0.2) is 4.98 Å². The summed E-state index contributed by atoms with van der Waals surface area (Å²) in [6.45, 7) is 3.21. The molecule has 6 nitrogen and oxygen atoms in total. The highest BCUT2D eigenvalue weighted by atomic mass is 19.4. The lowest BCUT2D eigenvalue weighted by Gasteiger charge is -2.28. The first-order valence-corrected chi connectivity index (χ1v) is 9.44. The zero-order valence-electron chi connectivity index (χ0n) is 16.0. The van der Waals surface area contributed by atoms with Crippen molar-refractivity contribution in [3.8, 4) is 0 Å². The van der Waals surface area contributed by atoms with E-state index >= 15 is 0 Å². The van der Waals surface area contributed by atoms with E-state index in [2.05, 4.69) is 25.5 Å². The van der Waals surface area contributed by atoms with Crippen LogP contribution in [0.1, 0.15) is 5.56 Å². The summed E-state index contributed by atoms with van der Waals surface area (Å²) in [4.78, 5) is 10.8. The Balaban J connectivity index is 1.41. The molecule has 2 aromatic carbocycles. The highest BCUT2D eigenvalue weighted by Gasteiger charge is 2.29. The monoisotopic (exact) mass is 415 g/mol. The number of aromatic nitrogens is 2. The van der Waals surface area contributed by atoms with Gasteiger partial charge in [-0.3, -0.25) is 0 Å². The van der Waals surface area contributed by atoms with E-state index < -0.39 is 11.7 Å². The Hall–Kier alpha value is -3.33. The number of nitrogens with zero attached hydrogens (tertiary/aromatic N) is 3. The summed E-state index contributed by atoms with van der Waals surface area (Å²) in [5, 5.41) is 6.12. The highest BCUT2D eigenvalue weighted by Crippen LogP contribution is 2.30. The van der Waals surface area contributed by atoms with Crippen molar-refractivity contribution >= 4 is 28.8 Å². The van der Waals surface area contributed by atoms with E-state index in [1.807, 2.05) is 24.3 Å². The number of hydrogen-bond acceptors (Lipinski definition) is 6. The topological polar surface area (TPSA) is 62.3 Å². The van der Waals surface area contributed by atoms with Gasteiger partial charge in [0.1, 0.15) is 5.82 Å². The standard InChI is InChI=1S/C21H20F3N5O/c22-21(23,24)15-1-3-17(4-2-15)27-20-25-10-9-19(28-20)26-16-5-7-18(8-6-16)29-11-13-30-14-12-29/h1-10H,11-14H2,(H2,25,26,27,28).